The lowest BCUT2D eigenvalue weighted by atomic mass is 9.90. The van der Waals surface area contributed by atoms with Crippen LogP contribution in [0, 0.1) is 0 Å². The van der Waals surface area contributed by atoms with Gasteiger partial charge >= 0.3 is 0 Å². The number of aliphatic imine (C=N–C) groups is 1. The summed E-state index contributed by atoms with van der Waals surface area (Å²) in [6.07, 6.45) is 2.80. The average molecular weight is 482 g/mol. The predicted molar refractivity (Wildman–Crippen MR) is 136 cm³/mol. The van der Waals surface area contributed by atoms with E-state index in [4.69, 9.17) is 24.3 Å². The maximum atomic E-state index is 13.3. The third-order valence-electron chi connectivity index (χ3n) is 5.78. The Bertz CT molecular complexity index is 1010. The highest BCUT2D eigenvalue weighted by Crippen LogP contribution is 2.32. The molecule has 0 aromatic heterocycles. The van der Waals surface area contributed by atoms with E-state index >= 15 is 0 Å². The van der Waals surface area contributed by atoms with Crippen molar-refractivity contribution in [1.82, 2.24) is 10.9 Å². The summed E-state index contributed by atoms with van der Waals surface area (Å²) in [7, 11) is 0. The molecule has 188 valence electrons. The van der Waals surface area contributed by atoms with E-state index in [-0.39, 0.29) is 12.5 Å². The second-order valence-corrected chi connectivity index (χ2v) is 8.22. The molecule has 35 heavy (non-hydrogen) atoms. The zero-order valence-electron chi connectivity index (χ0n) is 20.5. The van der Waals surface area contributed by atoms with E-state index in [0.29, 0.717) is 50.7 Å². The maximum Gasteiger partial charge on any atom is 0.266 e. The van der Waals surface area contributed by atoms with Gasteiger partial charge in [0.25, 0.3) is 5.91 Å². The van der Waals surface area contributed by atoms with Crippen LogP contribution in [0.2, 0.25) is 0 Å². The molecule has 8 nitrogen and oxygen atoms in total. The molecule has 0 saturated carbocycles. The van der Waals surface area contributed by atoms with Crippen LogP contribution in [0.3, 0.4) is 0 Å². The van der Waals surface area contributed by atoms with Crippen molar-refractivity contribution >= 4 is 11.8 Å². The van der Waals surface area contributed by atoms with E-state index in [0.717, 1.165) is 16.9 Å². The van der Waals surface area contributed by atoms with Crippen LogP contribution in [0.1, 0.15) is 37.8 Å². The third-order valence-corrected chi connectivity index (χ3v) is 5.78. The number of benzene rings is 2. The van der Waals surface area contributed by atoms with Gasteiger partial charge in [0, 0.05) is 31.6 Å². The minimum atomic E-state index is -1.12. The molecule has 3 rings (SSSR count). The number of amides is 1. The molecule has 1 aliphatic heterocycles. The molecule has 1 amide bonds. The Morgan fingerprint density at radius 2 is 2.00 bits per heavy atom. The van der Waals surface area contributed by atoms with Crippen LogP contribution in [0.4, 0.5) is 0 Å². The Morgan fingerprint density at radius 1 is 1.23 bits per heavy atom. The number of rotatable bonds is 14. The number of hydrogen-bond acceptors (Lipinski definition) is 7. The molecule has 8 heteroatoms. The average Bonchev–Trinajstić information content (AvgIpc) is 3.20. The van der Waals surface area contributed by atoms with Gasteiger partial charge in [-0.2, -0.15) is 0 Å². The fourth-order valence-corrected chi connectivity index (χ4v) is 3.86. The van der Waals surface area contributed by atoms with Gasteiger partial charge in [0.05, 0.1) is 13.2 Å². The van der Waals surface area contributed by atoms with Crippen molar-refractivity contribution in [3.05, 3.63) is 72.3 Å². The molecule has 0 saturated heterocycles. The summed E-state index contributed by atoms with van der Waals surface area (Å²) in [5.74, 6) is 1.67. The molecular formula is C27H35N3O5. The first-order valence-corrected chi connectivity index (χ1v) is 12.0. The largest absolute Gasteiger partial charge is 0.494 e. The van der Waals surface area contributed by atoms with E-state index < -0.39 is 11.6 Å². The van der Waals surface area contributed by atoms with Crippen LogP contribution in [-0.2, 0) is 16.0 Å². The molecule has 0 bridgehead atoms. The summed E-state index contributed by atoms with van der Waals surface area (Å²) in [6.45, 7) is 9.27. The second-order valence-electron chi connectivity index (χ2n) is 8.22. The summed E-state index contributed by atoms with van der Waals surface area (Å²) in [4.78, 5) is 18.0. The molecule has 0 radical (unpaired) electrons. The molecule has 2 atom stereocenters. The third kappa shape index (κ3) is 6.61. The smallest absolute Gasteiger partial charge is 0.266 e. The lowest BCUT2D eigenvalue weighted by Crippen LogP contribution is -2.54. The summed E-state index contributed by atoms with van der Waals surface area (Å²) in [5.41, 5.74) is 6.53. The SMILES string of the molecule is C=CC[C@]1(C(=O)NNCCc2ccccc2OCC)N=C(c2ccc(OCCCO)cc2)O[C@H]1C. The van der Waals surface area contributed by atoms with Gasteiger partial charge in [-0.1, -0.05) is 24.3 Å². The number of hydrazine groups is 1. The number of aliphatic hydroxyl groups is 1. The quantitative estimate of drug-likeness (QED) is 0.218. The van der Waals surface area contributed by atoms with Crippen molar-refractivity contribution < 1.29 is 24.1 Å². The van der Waals surface area contributed by atoms with Gasteiger partial charge in [0.15, 0.2) is 5.54 Å². The van der Waals surface area contributed by atoms with Gasteiger partial charge in [0.1, 0.15) is 17.6 Å². The van der Waals surface area contributed by atoms with Crippen LogP contribution >= 0.6 is 0 Å². The number of nitrogens with zero attached hydrogens (tertiary/aromatic N) is 1. The number of nitrogens with one attached hydrogen (secondary N) is 2. The Kier molecular flexibility index (Phi) is 9.69. The first-order chi connectivity index (χ1) is 17.0. The minimum Gasteiger partial charge on any atom is -0.494 e. The number of para-hydroxylation sites is 1. The van der Waals surface area contributed by atoms with E-state index in [2.05, 4.69) is 17.4 Å². The molecule has 0 aliphatic carbocycles. The molecule has 0 unspecified atom stereocenters. The van der Waals surface area contributed by atoms with E-state index in [1.54, 1.807) is 6.08 Å². The topological polar surface area (TPSA) is 101 Å². The van der Waals surface area contributed by atoms with Gasteiger partial charge in [-0.3, -0.25) is 10.2 Å². The van der Waals surface area contributed by atoms with E-state index in [9.17, 15) is 4.79 Å². The summed E-state index contributed by atoms with van der Waals surface area (Å²) in [6, 6.07) is 15.2. The van der Waals surface area contributed by atoms with Crippen molar-refractivity contribution in [1.29, 1.82) is 0 Å². The highest BCUT2D eigenvalue weighted by atomic mass is 16.5. The first kappa shape index (κ1) is 26.2. The summed E-state index contributed by atoms with van der Waals surface area (Å²) < 4.78 is 17.3. The van der Waals surface area contributed by atoms with Gasteiger partial charge in [-0.05, 0) is 56.2 Å². The second kappa shape index (κ2) is 12.9. The lowest BCUT2D eigenvalue weighted by molar-refractivity contribution is -0.129. The minimum absolute atomic E-state index is 0.0868. The predicted octanol–water partition coefficient (Wildman–Crippen LogP) is 3.19. The van der Waals surface area contributed by atoms with Gasteiger partial charge in [0.2, 0.25) is 5.90 Å². The van der Waals surface area contributed by atoms with Gasteiger partial charge in [-0.25, -0.2) is 10.4 Å². The molecule has 1 heterocycles. The highest BCUT2D eigenvalue weighted by Gasteiger charge is 2.49. The Morgan fingerprint density at radius 3 is 2.71 bits per heavy atom. The van der Waals surface area contributed by atoms with Crippen molar-refractivity contribution in [2.24, 2.45) is 4.99 Å². The Balaban J connectivity index is 1.64. The molecule has 2 aromatic rings. The Labute approximate surface area is 207 Å². The molecule has 1 aliphatic rings. The zero-order chi connectivity index (χ0) is 25.1. The normalized spacial score (nSPS) is 18.9. The van der Waals surface area contributed by atoms with Gasteiger partial charge < -0.3 is 19.3 Å². The number of carbonyl (C=O) groups is 1. The lowest BCUT2D eigenvalue weighted by Gasteiger charge is -2.26. The highest BCUT2D eigenvalue weighted by molar-refractivity contribution is 6.00. The van der Waals surface area contributed by atoms with Crippen molar-refractivity contribution in [3.8, 4) is 11.5 Å². The van der Waals surface area contributed by atoms with E-state index in [1.165, 1.54) is 0 Å². The monoisotopic (exact) mass is 481 g/mol. The maximum absolute atomic E-state index is 13.3. The first-order valence-electron chi connectivity index (χ1n) is 12.0. The zero-order valence-corrected chi connectivity index (χ0v) is 20.5. The van der Waals surface area contributed by atoms with Crippen LogP contribution in [0.15, 0.2) is 66.2 Å². The standard InChI is InChI=1S/C27H35N3O5/c1-4-16-27(26(32)30-28-17-15-21-9-6-7-10-24(21)33-5-2)20(3)35-25(29-27)22-11-13-23(14-12-22)34-19-8-18-31/h4,6-7,9-14,20,28,31H,1,5,8,15-19H2,2-3H3,(H,30,32)/t20-,27-/m0/s1. The summed E-state index contributed by atoms with van der Waals surface area (Å²) >= 11 is 0. The fraction of sp³-hybridized carbons (Fsp3) is 0.407. The van der Waals surface area contributed by atoms with Crippen molar-refractivity contribution in [2.45, 2.75) is 44.8 Å². The number of hydrogen-bond donors (Lipinski definition) is 3. The number of ether oxygens (including phenoxy) is 3. The Hall–Kier alpha value is -3.36. The van der Waals surface area contributed by atoms with Crippen LogP contribution in [0.5, 0.6) is 11.5 Å². The molecule has 2 aromatic carbocycles. The van der Waals surface area contributed by atoms with Crippen LogP contribution in [0.25, 0.3) is 0 Å². The molecule has 0 fully saturated rings. The number of carbonyl (C=O) groups excluding carboxylic acids is 1. The number of aliphatic hydroxyl groups excluding tert-OH is 1. The fourth-order valence-electron chi connectivity index (χ4n) is 3.86. The summed E-state index contributed by atoms with van der Waals surface area (Å²) in [5, 5.41) is 8.88. The van der Waals surface area contributed by atoms with Crippen molar-refractivity contribution in [2.75, 3.05) is 26.4 Å². The van der Waals surface area contributed by atoms with Gasteiger partial charge in [-0.15, -0.1) is 6.58 Å². The molecule has 0 spiro atoms. The van der Waals surface area contributed by atoms with Crippen LogP contribution in [-0.4, -0.2) is 54.9 Å². The van der Waals surface area contributed by atoms with Crippen molar-refractivity contribution in [3.63, 3.8) is 0 Å². The molecular weight excluding hydrogens is 446 g/mol. The van der Waals surface area contributed by atoms with Crippen LogP contribution < -0.4 is 20.3 Å². The molecule has 3 N–H and O–H groups in total. The van der Waals surface area contributed by atoms with E-state index in [1.807, 2.05) is 62.4 Å².